The highest BCUT2D eigenvalue weighted by molar-refractivity contribution is 6.08. The number of halogens is 2. The molecule has 0 nitrogen and oxygen atoms in total. The second-order valence-corrected chi connectivity index (χ2v) is 3.46. The van der Waals surface area contributed by atoms with Crippen LogP contribution in [0.1, 0.15) is 5.56 Å². The highest BCUT2D eigenvalue weighted by atomic mass is 28.1. The first-order valence-corrected chi connectivity index (χ1v) is 5.10. The lowest BCUT2D eigenvalue weighted by Crippen LogP contribution is -1.93. The van der Waals surface area contributed by atoms with E-state index < -0.39 is 11.6 Å². The molecule has 0 amide bonds. The fourth-order valence-corrected chi connectivity index (χ4v) is 1.55. The van der Waals surface area contributed by atoms with Gasteiger partial charge in [-0.3, -0.25) is 0 Å². The van der Waals surface area contributed by atoms with Crippen molar-refractivity contribution in [3.63, 3.8) is 0 Å². The molecule has 1 aromatic carbocycles. The molecule has 0 aliphatic heterocycles. The second-order valence-electron chi connectivity index (χ2n) is 2.46. The summed E-state index contributed by atoms with van der Waals surface area (Å²) in [5, 5.41) is 0. The molecule has 60 valence electrons. The number of rotatable bonds is 2. The summed E-state index contributed by atoms with van der Waals surface area (Å²) in [4.78, 5) is 0. The van der Waals surface area contributed by atoms with Crippen molar-refractivity contribution in [1.82, 2.24) is 0 Å². The lowest BCUT2D eigenvalue weighted by molar-refractivity contribution is 0.500. The molecule has 1 rings (SSSR count). The fourth-order valence-electron chi connectivity index (χ4n) is 1.01. The lowest BCUT2D eigenvalue weighted by atomic mass is 10.1. The molecule has 1 aromatic rings. The van der Waals surface area contributed by atoms with Gasteiger partial charge in [-0.05, 0) is 18.1 Å². The second kappa shape index (κ2) is 3.62. The summed E-state index contributed by atoms with van der Waals surface area (Å²) in [5.74, 6) is -1.42. The molecule has 0 aliphatic rings. The monoisotopic (exact) mass is 172 g/mol. The number of benzene rings is 1. The number of aryl methyl sites for hydroxylation is 1. The first kappa shape index (κ1) is 8.39. The van der Waals surface area contributed by atoms with Gasteiger partial charge < -0.3 is 0 Å². The van der Waals surface area contributed by atoms with E-state index in [1.165, 1.54) is 0 Å². The normalized spacial score (nSPS) is 10.4. The topological polar surface area (TPSA) is 0 Å². The Morgan fingerprint density at radius 3 is 2.64 bits per heavy atom. The Kier molecular flexibility index (Phi) is 2.76. The molecule has 0 bridgehead atoms. The zero-order valence-electron chi connectivity index (χ0n) is 6.40. The Balaban J connectivity index is 2.96. The van der Waals surface area contributed by atoms with Crippen LogP contribution in [0.4, 0.5) is 8.78 Å². The Morgan fingerprint density at radius 2 is 2.00 bits per heavy atom. The van der Waals surface area contributed by atoms with Gasteiger partial charge in [0.05, 0.1) is 0 Å². The van der Waals surface area contributed by atoms with Gasteiger partial charge in [0.15, 0.2) is 11.6 Å². The number of hydrogen-bond acceptors (Lipinski definition) is 0. The number of hydrogen-bond donors (Lipinski definition) is 0. The predicted octanol–water partition coefficient (Wildman–Crippen LogP) is 1.29. The summed E-state index contributed by atoms with van der Waals surface area (Å²) >= 11 is 0. The quantitative estimate of drug-likeness (QED) is 0.590. The molecule has 0 heterocycles. The van der Waals surface area contributed by atoms with E-state index in [4.69, 9.17) is 0 Å². The minimum Gasteiger partial charge on any atom is -0.204 e. The zero-order chi connectivity index (χ0) is 8.27. The maximum absolute atomic E-state index is 12.8. The van der Waals surface area contributed by atoms with Crippen LogP contribution in [0.25, 0.3) is 0 Å². The van der Waals surface area contributed by atoms with Crippen molar-refractivity contribution in [3.05, 3.63) is 35.4 Å². The van der Waals surface area contributed by atoms with E-state index in [9.17, 15) is 8.78 Å². The van der Waals surface area contributed by atoms with Crippen LogP contribution >= 0.6 is 0 Å². The first-order valence-electron chi connectivity index (χ1n) is 3.68. The van der Waals surface area contributed by atoms with E-state index in [1.54, 1.807) is 12.1 Å². The van der Waals surface area contributed by atoms with Crippen LogP contribution in [-0.2, 0) is 6.42 Å². The van der Waals surface area contributed by atoms with Crippen molar-refractivity contribution in [2.45, 2.75) is 12.5 Å². The summed E-state index contributed by atoms with van der Waals surface area (Å²) < 4.78 is 25.4. The van der Waals surface area contributed by atoms with Crippen LogP contribution in [0.3, 0.4) is 0 Å². The SMILES string of the molecule is Fc1cccc(CC[SiH3])c1F. The van der Waals surface area contributed by atoms with Crippen LogP contribution in [-0.4, -0.2) is 10.2 Å². The summed E-state index contributed by atoms with van der Waals surface area (Å²) in [6, 6.07) is 5.30. The minimum absolute atomic E-state index is 0.500. The van der Waals surface area contributed by atoms with Gasteiger partial charge in [-0.15, -0.1) is 0 Å². The maximum Gasteiger partial charge on any atom is 0.161 e. The van der Waals surface area contributed by atoms with Gasteiger partial charge in [-0.25, -0.2) is 8.78 Å². The first-order chi connectivity index (χ1) is 5.25. The molecule has 0 aromatic heterocycles. The van der Waals surface area contributed by atoms with E-state index >= 15 is 0 Å². The molecule has 3 heteroatoms. The largest absolute Gasteiger partial charge is 0.204 e. The summed E-state index contributed by atoms with van der Waals surface area (Å²) in [5.41, 5.74) is 0.500. The third kappa shape index (κ3) is 1.86. The lowest BCUT2D eigenvalue weighted by Gasteiger charge is -1.99. The van der Waals surface area contributed by atoms with E-state index in [2.05, 4.69) is 0 Å². The molecule has 0 atom stereocenters. The van der Waals surface area contributed by atoms with Crippen LogP contribution in [0.5, 0.6) is 0 Å². The smallest absolute Gasteiger partial charge is 0.161 e. The van der Waals surface area contributed by atoms with Gasteiger partial charge in [0, 0.05) is 10.2 Å². The van der Waals surface area contributed by atoms with Crippen molar-refractivity contribution in [1.29, 1.82) is 0 Å². The summed E-state index contributed by atoms with van der Waals surface area (Å²) in [6.07, 6.45) is 0.663. The van der Waals surface area contributed by atoms with Crippen molar-refractivity contribution < 1.29 is 8.78 Å². The van der Waals surface area contributed by atoms with Crippen molar-refractivity contribution in [3.8, 4) is 0 Å². The Bertz CT molecular complexity index is 248. The fraction of sp³-hybridized carbons (Fsp3) is 0.250. The molecule has 0 saturated carbocycles. The van der Waals surface area contributed by atoms with E-state index in [0.29, 0.717) is 12.0 Å². The molecule has 11 heavy (non-hydrogen) atoms. The van der Waals surface area contributed by atoms with Crippen LogP contribution in [0.2, 0.25) is 6.04 Å². The van der Waals surface area contributed by atoms with Crippen LogP contribution in [0, 0.1) is 11.6 Å². The molecule has 0 aliphatic carbocycles. The van der Waals surface area contributed by atoms with Crippen LogP contribution < -0.4 is 0 Å². The molecular weight excluding hydrogens is 162 g/mol. The molecule has 0 radical (unpaired) electrons. The van der Waals surface area contributed by atoms with Gasteiger partial charge in [-0.2, -0.15) is 0 Å². The van der Waals surface area contributed by atoms with Gasteiger partial charge >= 0.3 is 0 Å². The van der Waals surface area contributed by atoms with Gasteiger partial charge in [0.1, 0.15) is 0 Å². The van der Waals surface area contributed by atoms with Crippen molar-refractivity contribution in [2.75, 3.05) is 0 Å². The summed E-state index contributed by atoms with van der Waals surface area (Å²) in [7, 11) is 1.03. The zero-order valence-corrected chi connectivity index (χ0v) is 8.40. The average molecular weight is 172 g/mol. The van der Waals surface area contributed by atoms with Gasteiger partial charge in [-0.1, -0.05) is 18.2 Å². The molecule has 0 spiro atoms. The highest BCUT2D eigenvalue weighted by Gasteiger charge is 2.04. The highest BCUT2D eigenvalue weighted by Crippen LogP contribution is 2.12. The third-order valence-electron chi connectivity index (χ3n) is 1.55. The Hall–Kier alpha value is -0.703. The van der Waals surface area contributed by atoms with E-state index in [-0.39, 0.29) is 0 Å². The minimum atomic E-state index is -0.738. The third-order valence-corrected chi connectivity index (χ3v) is 2.05. The van der Waals surface area contributed by atoms with Gasteiger partial charge in [0.25, 0.3) is 0 Å². The predicted molar refractivity (Wildman–Crippen MR) is 44.8 cm³/mol. The maximum atomic E-state index is 12.8. The molecule has 0 fully saturated rings. The standard InChI is InChI=1S/C8H10F2Si/c9-7-3-1-2-6(4-5-11)8(7)10/h1-3H,4-5H2,11H3. The van der Waals surface area contributed by atoms with Gasteiger partial charge in [0.2, 0.25) is 0 Å². The van der Waals surface area contributed by atoms with E-state index in [0.717, 1.165) is 22.4 Å². The van der Waals surface area contributed by atoms with Crippen LogP contribution in [0.15, 0.2) is 18.2 Å². The van der Waals surface area contributed by atoms with E-state index in [1.807, 2.05) is 0 Å². The average Bonchev–Trinajstić information content (AvgIpc) is 1.99. The van der Waals surface area contributed by atoms with Crippen molar-refractivity contribution >= 4 is 10.2 Å². The molecule has 0 saturated heterocycles. The molecule has 0 N–H and O–H groups in total. The molecular formula is C8H10F2Si. The summed E-state index contributed by atoms with van der Waals surface area (Å²) in [6.45, 7) is 0. The molecule has 0 unspecified atom stereocenters. The van der Waals surface area contributed by atoms with Crippen molar-refractivity contribution in [2.24, 2.45) is 0 Å². The Labute approximate surface area is 67.7 Å². The Morgan fingerprint density at radius 1 is 1.27 bits per heavy atom.